The number of nitrogens with zero attached hydrogens (tertiary/aromatic N) is 1. The summed E-state index contributed by atoms with van der Waals surface area (Å²) in [5.74, 6) is -0.479. The number of hydrogen-bond acceptors (Lipinski definition) is 2. The molecule has 3 heteroatoms. The molecule has 3 rings (SSSR count). The maximum atomic E-state index is 12.8. The number of ether oxygens (including phenoxy) is 1. The third-order valence-electron chi connectivity index (χ3n) is 5.15. The van der Waals surface area contributed by atoms with Gasteiger partial charge in [-0.2, -0.15) is 0 Å². The third kappa shape index (κ3) is 2.69. The van der Waals surface area contributed by atoms with Crippen molar-refractivity contribution >= 4 is 5.97 Å². The van der Waals surface area contributed by atoms with E-state index >= 15 is 0 Å². The molecule has 0 fully saturated rings. The number of carbonyl (C=O) groups is 1. The van der Waals surface area contributed by atoms with Gasteiger partial charge in [-0.1, -0.05) is 12.1 Å². The first-order valence-electron chi connectivity index (χ1n) is 8.46. The van der Waals surface area contributed by atoms with E-state index in [-0.39, 0.29) is 11.9 Å². The molecule has 1 aliphatic heterocycles. The molecular formula is C20H25NO2. The van der Waals surface area contributed by atoms with Crippen molar-refractivity contribution in [3.63, 3.8) is 0 Å². The topological polar surface area (TPSA) is 31.2 Å². The van der Waals surface area contributed by atoms with Crippen molar-refractivity contribution < 1.29 is 9.53 Å². The van der Waals surface area contributed by atoms with E-state index in [1.54, 1.807) is 0 Å². The standard InChI is InChI=1S/C20H25NO2/c1-5-23-20(22)19(17-10-8-13(2)14(3)15(17)4)18-11-9-16-7-6-12-21(16)18/h8-11,19H,5-7,12H2,1-4H3. The Hall–Kier alpha value is -2.03. The van der Waals surface area contributed by atoms with E-state index in [1.807, 2.05) is 6.92 Å². The van der Waals surface area contributed by atoms with Crippen LogP contribution in [0.1, 0.15) is 52.9 Å². The van der Waals surface area contributed by atoms with Gasteiger partial charge in [0.05, 0.1) is 6.61 Å². The Morgan fingerprint density at radius 3 is 2.70 bits per heavy atom. The lowest BCUT2D eigenvalue weighted by molar-refractivity contribution is -0.144. The van der Waals surface area contributed by atoms with Crippen LogP contribution in [-0.4, -0.2) is 17.1 Å². The number of hydrogen-bond donors (Lipinski definition) is 0. The number of aryl methyl sites for hydroxylation is 2. The fraction of sp³-hybridized carbons (Fsp3) is 0.450. The Bertz CT molecular complexity index is 742. The molecule has 0 amide bonds. The molecule has 0 saturated heterocycles. The molecule has 1 aromatic carbocycles. The van der Waals surface area contributed by atoms with E-state index < -0.39 is 0 Å². The lowest BCUT2D eigenvalue weighted by Gasteiger charge is -2.21. The lowest BCUT2D eigenvalue weighted by Crippen LogP contribution is -2.21. The van der Waals surface area contributed by atoms with Gasteiger partial charge in [-0.3, -0.25) is 4.79 Å². The van der Waals surface area contributed by atoms with Crippen molar-refractivity contribution in [1.29, 1.82) is 0 Å². The average Bonchev–Trinajstić information content (AvgIpc) is 3.12. The number of esters is 1. The summed E-state index contributed by atoms with van der Waals surface area (Å²) in [5, 5.41) is 0. The fourth-order valence-electron chi connectivity index (χ4n) is 3.61. The van der Waals surface area contributed by atoms with Crippen LogP contribution in [0, 0.1) is 20.8 Å². The summed E-state index contributed by atoms with van der Waals surface area (Å²) in [7, 11) is 0. The molecule has 1 atom stereocenters. The first-order chi connectivity index (χ1) is 11.0. The molecule has 1 aliphatic rings. The summed E-state index contributed by atoms with van der Waals surface area (Å²) in [5.41, 5.74) is 7.17. The molecule has 0 aliphatic carbocycles. The van der Waals surface area contributed by atoms with Gasteiger partial charge in [-0.15, -0.1) is 0 Å². The summed E-state index contributed by atoms with van der Waals surface area (Å²) >= 11 is 0. The van der Waals surface area contributed by atoms with Crippen LogP contribution in [-0.2, 0) is 22.5 Å². The van der Waals surface area contributed by atoms with Crippen LogP contribution in [0.3, 0.4) is 0 Å². The van der Waals surface area contributed by atoms with E-state index in [0.29, 0.717) is 6.61 Å². The molecule has 1 unspecified atom stereocenters. The first-order valence-corrected chi connectivity index (χ1v) is 8.46. The van der Waals surface area contributed by atoms with Crippen molar-refractivity contribution in [1.82, 2.24) is 4.57 Å². The van der Waals surface area contributed by atoms with E-state index in [4.69, 9.17) is 4.74 Å². The van der Waals surface area contributed by atoms with Crippen LogP contribution in [0.5, 0.6) is 0 Å². The van der Waals surface area contributed by atoms with Gasteiger partial charge in [-0.05, 0) is 74.9 Å². The van der Waals surface area contributed by atoms with E-state index in [1.165, 1.54) is 22.4 Å². The third-order valence-corrected chi connectivity index (χ3v) is 5.15. The van der Waals surface area contributed by atoms with Crippen LogP contribution in [0.4, 0.5) is 0 Å². The Morgan fingerprint density at radius 1 is 1.17 bits per heavy atom. The van der Waals surface area contributed by atoms with Gasteiger partial charge in [-0.25, -0.2) is 0 Å². The molecular weight excluding hydrogens is 286 g/mol. The van der Waals surface area contributed by atoms with Crippen molar-refractivity contribution in [2.75, 3.05) is 6.61 Å². The summed E-state index contributed by atoms with van der Waals surface area (Å²) in [6.07, 6.45) is 2.26. The molecule has 0 spiro atoms. The Kier molecular flexibility index (Phi) is 4.29. The van der Waals surface area contributed by atoms with Gasteiger partial charge in [0.25, 0.3) is 0 Å². The van der Waals surface area contributed by atoms with Crippen LogP contribution in [0.15, 0.2) is 24.3 Å². The van der Waals surface area contributed by atoms with Crippen LogP contribution >= 0.6 is 0 Å². The largest absolute Gasteiger partial charge is 0.465 e. The van der Waals surface area contributed by atoms with Crippen LogP contribution in [0.2, 0.25) is 0 Å². The summed E-state index contributed by atoms with van der Waals surface area (Å²) in [4.78, 5) is 12.8. The van der Waals surface area contributed by atoms with Crippen molar-refractivity contribution in [2.24, 2.45) is 0 Å². The minimum absolute atomic E-state index is 0.147. The minimum atomic E-state index is -0.332. The Balaban J connectivity index is 2.13. The maximum absolute atomic E-state index is 12.8. The normalized spacial score (nSPS) is 14.6. The van der Waals surface area contributed by atoms with E-state index in [9.17, 15) is 4.79 Å². The van der Waals surface area contributed by atoms with Gasteiger partial charge >= 0.3 is 5.97 Å². The van der Waals surface area contributed by atoms with Crippen LogP contribution in [0.25, 0.3) is 0 Å². The quantitative estimate of drug-likeness (QED) is 0.798. The summed E-state index contributed by atoms with van der Waals surface area (Å²) < 4.78 is 7.72. The van der Waals surface area contributed by atoms with Crippen molar-refractivity contribution in [3.8, 4) is 0 Å². The van der Waals surface area contributed by atoms with Gasteiger partial charge in [0, 0.05) is 17.9 Å². The van der Waals surface area contributed by atoms with Gasteiger partial charge < -0.3 is 9.30 Å². The number of fused-ring (bicyclic) bond motifs is 1. The summed E-state index contributed by atoms with van der Waals surface area (Å²) in [6, 6.07) is 8.46. The average molecular weight is 311 g/mol. The summed E-state index contributed by atoms with van der Waals surface area (Å²) in [6.45, 7) is 9.62. The highest BCUT2D eigenvalue weighted by Gasteiger charge is 2.30. The molecule has 1 aromatic heterocycles. The smallest absolute Gasteiger partial charge is 0.319 e. The number of rotatable bonds is 4. The second-order valence-corrected chi connectivity index (χ2v) is 6.41. The Labute approximate surface area is 138 Å². The highest BCUT2D eigenvalue weighted by atomic mass is 16.5. The van der Waals surface area contributed by atoms with Crippen molar-refractivity contribution in [2.45, 2.75) is 53.0 Å². The molecule has 23 heavy (non-hydrogen) atoms. The molecule has 0 N–H and O–H groups in total. The highest BCUT2D eigenvalue weighted by Crippen LogP contribution is 2.34. The monoisotopic (exact) mass is 311 g/mol. The maximum Gasteiger partial charge on any atom is 0.319 e. The molecule has 0 bridgehead atoms. The zero-order valence-corrected chi connectivity index (χ0v) is 14.5. The molecule has 2 heterocycles. The van der Waals surface area contributed by atoms with Gasteiger partial charge in [0.2, 0.25) is 0 Å². The number of benzene rings is 1. The number of carbonyl (C=O) groups excluding carboxylic acids is 1. The zero-order valence-electron chi connectivity index (χ0n) is 14.5. The van der Waals surface area contributed by atoms with Gasteiger partial charge in [0.1, 0.15) is 5.92 Å². The SMILES string of the molecule is CCOC(=O)C(c1ccc(C)c(C)c1C)c1ccc2n1CCC2. The predicted molar refractivity (Wildman–Crippen MR) is 91.9 cm³/mol. The Morgan fingerprint density at radius 2 is 1.96 bits per heavy atom. The predicted octanol–water partition coefficient (Wildman–Crippen LogP) is 4.05. The first kappa shape index (κ1) is 15.9. The zero-order chi connectivity index (χ0) is 16.6. The highest BCUT2D eigenvalue weighted by molar-refractivity contribution is 5.82. The van der Waals surface area contributed by atoms with E-state index in [0.717, 1.165) is 30.6 Å². The second kappa shape index (κ2) is 6.23. The van der Waals surface area contributed by atoms with Crippen LogP contribution < -0.4 is 0 Å². The second-order valence-electron chi connectivity index (χ2n) is 6.41. The van der Waals surface area contributed by atoms with Gasteiger partial charge in [0.15, 0.2) is 0 Å². The molecule has 0 radical (unpaired) electrons. The van der Waals surface area contributed by atoms with E-state index in [2.05, 4.69) is 49.6 Å². The molecule has 3 nitrogen and oxygen atoms in total. The number of aromatic nitrogens is 1. The lowest BCUT2D eigenvalue weighted by atomic mass is 9.88. The molecule has 122 valence electrons. The fourth-order valence-corrected chi connectivity index (χ4v) is 3.61. The molecule has 0 saturated carbocycles. The minimum Gasteiger partial charge on any atom is -0.465 e. The van der Waals surface area contributed by atoms with Crippen molar-refractivity contribution in [3.05, 3.63) is 57.9 Å². The molecule has 2 aromatic rings.